The molecule has 0 aliphatic carbocycles. The Hall–Kier alpha value is -1.36. The van der Waals surface area contributed by atoms with Crippen LogP contribution in [0.5, 0.6) is 0 Å². The van der Waals surface area contributed by atoms with E-state index < -0.39 is 5.97 Å². The van der Waals surface area contributed by atoms with Gasteiger partial charge in [-0.2, -0.15) is 0 Å². The summed E-state index contributed by atoms with van der Waals surface area (Å²) in [5, 5.41) is 8.71. The minimum absolute atomic E-state index is 0.116. The molecule has 0 unspecified atom stereocenters. The molecule has 0 atom stereocenters. The van der Waals surface area contributed by atoms with Crippen molar-refractivity contribution < 1.29 is 14.7 Å². The average Bonchev–Trinajstić information content (AvgIpc) is 2.65. The van der Waals surface area contributed by atoms with E-state index in [1.807, 2.05) is 6.92 Å². The smallest absolute Gasteiger partial charge is 0.345 e. The van der Waals surface area contributed by atoms with Crippen molar-refractivity contribution in [2.75, 3.05) is 13.6 Å². The van der Waals surface area contributed by atoms with Gasteiger partial charge in [-0.05, 0) is 18.6 Å². The van der Waals surface area contributed by atoms with Crippen LogP contribution in [0.2, 0.25) is 0 Å². The summed E-state index contributed by atoms with van der Waals surface area (Å²) in [6.45, 7) is 2.67. The first-order valence-electron chi connectivity index (χ1n) is 4.64. The lowest BCUT2D eigenvalue weighted by atomic mass is 10.3. The monoisotopic (exact) mass is 227 g/mol. The van der Waals surface area contributed by atoms with Gasteiger partial charge in [0.2, 0.25) is 0 Å². The zero-order valence-corrected chi connectivity index (χ0v) is 9.50. The molecule has 15 heavy (non-hydrogen) atoms. The van der Waals surface area contributed by atoms with Crippen molar-refractivity contribution in [3.05, 3.63) is 21.9 Å². The van der Waals surface area contributed by atoms with E-state index in [1.165, 1.54) is 6.07 Å². The number of carboxylic acids is 1. The van der Waals surface area contributed by atoms with Gasteiger partial charge in [-0.25, -0.2) is 4.79 Å². The Bertz CT molecular complexity index is 372. The van der Waals surface area contributed by atoms with Gasteiger partial charge in [0.25, 0.3) is 5.91 Å². The van der Waals surface area contributed by atoms with Crippen molar-refractivity contribution in [3.63, 3.8) is 0 Å². The molecular weight excluding hydrogens is 214 g/mol. The number of hydrogen-bond donors (Lipinski definition) is 1. The zero-order chi connectivity index (χ0) is 11.4. The molecular formula is C10H13NO3S. The van der Waals surface area contributed by atoms with Gasteiger partial charge in [-0.15, -0.1) is 11.3 Å². The molecule has 0 saturated heterocycles. The first-order valence-corrected chi connectivity index (χ1v) is 5.46. The number of nitrogens with zero attached hydrogens (tertiary/aromatic N) is 1. The minimum Gasteiger partial charge on any atom is -0.477 e. The lowest BCUT2D eigenvalue weighted by molar-refractivity contribution is 0.0701. The fourth-order valence-corrected chi connectivity index (χ4v) is 2.03. The topological polar surface area (TPSA) is 57.6 Å². The van der Waals surface area contributed by atoms with Gasteiger partial charge in [0.1, 0.15) is 4.88 Å². The van der Waals surface area contributed by atoms with Crippen molar-refractivity contribution >= 4 is 23.2 Å². The molecule has 0 fully saturated rings. The summed E-state index contributed by atoms with van der Waals surface area (Å²) in [5.41, 5.74) is 0. The lowest BCUT2D eigenvalue weighted by Crippen LogP contribution is -2.26. The SMILES string of the molecule is CCCN(C)C(=O)c1ccc(C(=O)O)s1. The van der Waals surface area contributed by atoms with Crippen LogP contribution in [0.4, 0.5) is 0 Å². The Balaban J connectivity index is 2.78. The molecule has 82 valence electrons. The highest BCUT2D eigenvalue weighted by atomic mass is 32.1. The van der Waals surface area contributed by atoms with E-state index >= 15 is 0 Å². The molecule has 4 nitrogen and oxygen atoms in total. The molecule has 0 bridgehead atoms. The van der Waals surface area contributed by atoms with Crippen LogP contribution in [0.1, 0.15) is 32.7 Å². The molecule has 1 N–H and O–H groups in total. The maximum Gasteiger partial charge on any atom is 0.345 e. The normalized spacial score (nSPS) is 10.0. The molecule has 0 aliphatic heterocycles. The number of hydrogen-bond acceptors (Lipinski definition) is 3. The van der Waals surface area contributed by atoms with Gasteiger partial charge in [-0.3, -0.25) is 4.79 Å². The molecule has 0 radical (unpaired) electrons. The number of amides is 1. The Morgan fingerprint density at radius 2 is 2.00 bits per heavy atom. The summed E-state index contributed by atoms with van der Waals surface area (Å²) in [5.74, 6) is -1.11. The van der Waals surface area contributed by atoms with Gasteiger partial charge in [0.05, 0.1) is 4.88 Å². The van der Waals surface area contributed by atoms with Crippen LogP contribution < -0.4 is 0 Å². The van der Waals surface area contributed by atoms with Gasteiger partial charge in [-0.1, -0.05) is 6.92 Å². The summed E-state index contributed by atoms with van der Waals surface area (Å²) >= 11 is 1.01. The Morgan fingerprint density at radius 1 is 1.40 bits per heavy atom. The quantitative estimate of drug-likeness (QED) is 0.855. The molecule has 1 amide bonds. The number of carboxylic acid groups (broad SMARTS) is 1. The van der Waals surface area contributed by atoms with E-state index in [1.54, 1.807) is 18.0 Å². The van der Waals surface area contributed by atoms with E-state index in [4.69, 9.17) is 5.11 Å². The van der Waals surface area contributed by atoms with E-state index in [2.05, 4.69) is 0 Å². The second-order valence-electron chi connectivity index (χ2n) is 3.20. The molecule has 1 rings (SSSR count). The van der Waals surface area contributed by atoms with E-state index in [0.29, 0.717) is 11.4 Å². The maximum atomic E-state index is 11.7. The Kier molecular flexibility index (Phi) is 3.85. The van der Waals surface area contributed by atoms with Crippen LogP contribution in [0.25, 0.3) is 0 Å². The second-order valence-corrected chi connectivity index (χ2v) is 4.28. The van der Waals surface area contributed by atoms with Crippen molar-refractivity contribution in [2.45, 2.75) is 13.3 Å². The summed E-state index contributed by atoms with van der Waals surface area (Å²) in [4.78, 5) is 24.6. The second kappa shape index (κ2) is 4.93. The number of rotatable bonds is 4. The molecule has 1 heterocycles. The standard InChI is InChI=1S/C10H13NO3S/c1-3-6-11(2)9(12)7-4-5-8(15-7)10(13)14/h4-5H,3,6H2,1-2H3,(H,13,14). The van der Waals surface area contributed by atoms with Gasteiger partial charge < -0.3 is 10.0 Å². The van der Waals surface area contributed by atoms with Crippen LogP contribution in [-0.4, -0.2) is 35.5 Å². The number of thiophene rings is 1. The number of carbonyl (C=O) groups is 2. The maximum absolute atomic E-state index is 11.7. The van der Waals surface area contributed by atoms with Crippen LogP contribution in [0.15, 0.2) is 12.1 Å². The molecule has 0 aromatic carbocycles. The zero-order valence-electron chi connectivity index (χ0n) is 8.69. The Labute approximate surface area is 92.1 Å². The molecule has 0 saturated carbocycles. The first-order chi connectivity index (χ1) is 7.06. The summed E-state index contributed by atoms with van der Waals surface area (Å²) in [6.07, 6.45) is 0.888. The predicted molar refractivity (Wildman–Crippen MR) is 58.5 cm³/mol. The minimum atomic E-state index is -0.989. The van der Waals surface area contributed by atoms with Gasteiger partial charge >= 0.3 is 5.97 Å². The van der Waals surface area contributed by atoms with Crippen molar-refractivity contribution in [1.82, 2.24) is 4.90 Å². The summed E-state index contributed by atoms with van der Waals surface area (Å²) in [7, 11) is 1.71. The molecule has 5 heteroatoms. The highest BCUT2D eigenvalue weighted by molar-refractivity contribution is 7.15. The van der Waals surface area contributed by atoms with Gasteiger partial charge in [0.15, 0.2) is 0 Å². The fraction of sp³-hybridized carbons (Fsp3) is 0.400. The largest absolute Gasteiger partial charge is 0.477 e. The number of aromatic carboxylic acids is 1. The van der Waals surface area contributed by atoms with Crippen LogP contribution in [-0.2, 0) is 0 Å². The molecule has 0 aliphatic rings. The van der Waals surface area contributed by atoms with Gasteiger partial charge in [0, 0.05) is 13.6 Å². The third-order valence-corrected chi connectivity index (χ3v) is 2.99. The highest BCUT2D eigenvalue weighted by Crippen LogP contribution is 2.17. The van der Waals surface area contributed by atoms with Crippen LogP contribution >= 0.6 is 11.3 Å². The van der Waals surface area contributed by atoms with Crippen molar-refractivity contribution in [2.24, 2.45) is 0 Å². The first kappa shape index (κ1) is 11.7. The highest BCUT2D eigenvalue weighted by Gasteiger charge is 2.15. The van der Waals surface area contributed by atoms with Crippen LogP contribution in [0.3, 0.4) is 0 Å². The van der Waals surface area contributed by atoms with E-state index in [0.717, 1.165) is 17.8 Å². The third-order valence-electron chi connectivity index (χ3n) is 1.93. The molecule has 0 spiro atoms. The summed E-state index contributed by atoms with van der Waals surface area (Å²) in [6, 6.07) is 3.02. The Morgan fingerprint density at radius 3 is 2.47 bits per heavy atom. The lowest BCUT2D eigenvalue weighted by Gasteiger charge is -2.14. The average molecular weight is 227 g/mol. The fourth-order valence-electron chi connectivity index (χ4n) is 1.19. The van der Waals surface area contributed by atoms with Crippen molar-refractivity contribution in [3.8, 4) is 0 Å². The predicted octanol–water partition coefficient (Wildman–Crippen LogP) is 1.93. The number of carbonyl (C=O) groups excluding carboxylic acids is 1. The summed E-state index contributed by atoms with van der Waals surface area (Å²) < 4.78 is 0. The van der Waals surface area contributed by atoms with E-state index in [-0.39, 0.29) is 10.8 Å². The molecule has 1 aromatic rings. The van der Waals surface area contributed by atoms with Crippen LogP contribution in [0, 0.1) is 0 Å². The third kappa shape index (κ3) is 2.79. The van der Waals surface area contributed by atoms with E-state index in [9.17, 15) is 9.59 Å². The molecule has 1 aromatic heterocycles. The van der Waals surface area contributed by atoms with Crippen molar-refractivity contribution in [1.29, 1.82) is 0 Å².